The molecule has 0 N–H and O–H groups in total. The van der Waals surface area contributed by atoms with Gasteiger partial charge in [-0.3, -0.25) is 4.79 Å². The maximum absolute atomic E-state index is 11.7. The van der Waals surface area contributed by atoms with Crippen LogP contribution in [0.4, 0.5) is 4.79 Å². The molecule has 0 aromatic heterocycles. The molecule has 0 aromatic carbocycles. The molecule has 0 unspecified atom stereocenters. The average molecular weight is 238 g/mol. The number of Topliss-reactive ketones (excluding diaryl/α,β-unsaturated/α-hetero) is 1. The third-order valence-electron chi connectivity index (χ3n) is 2.55. The Morgan fingerprint density at radius 1 is 1.47 bits per heavy atom. The van der Waals surface area contributed by atoms with E-state index in [2.05, 4.69) is 0 Å². The summed E-state index contributed by atoms with van der Waals surface area (Å²) in [6, 6.07) is 1.84. The normalized spacial score (nSPS) is 19.9. The fraction of sp³-hybridized carbons (Fsp3) is 0.750. The number of carbonyl (C=O) groups excluding carboxylic acids is 2. The summed E-state index contributed by atoms with van der Waals surface area (Å²) in [6.45, 7) is 6.31. The maximum Gasteiger partial charge on any atom is 0.410 e. The minimum Gasteiger partial charge on any atom is -0.444 e. The Labute approximate surface area is 101 Å². The molecule has 1 saturated heterocycles. The van der Waals surface area contributed by atoms with Gasteiger partial charge in [0.05, 0.1) is 12.5 Å². The van der Waals surface area contributed by atoms with E-state index in [1.54, 1.807) is 20.8 Å². The van der Waals surface area contributed by atoms with Crippen LogP contribution in [0.5, 0.6) is 0 Å². The van der Waals surface area contributed by atoms with Gasteiger partial charge in [0.2, 0.25) is 0 Å². The number of rotatable bonds is 2. The van der Waals surface area contributed by atoms with Crippen molar-refractivity contribution < 1.29 is 14.3 Å². The second kappa shape index (κ2) is 5.17. The van der Waals surface area contributed by atoms with Gasteiger partial charge in [-0.05, 0) is 27.2 Å². The Bertz CT molecular complexity index is 352. The number of ketones is 1. The Morgan fingerprint density at radius 2 is 2.12 bits per heavy atom. The van der Waals surface area contributed by atoms with Crippen molar-refractivity contribution in [3.05, 3.63) is 0 Å². The first-order valence-electron chi connectivity index (χ1n) is 5.71. The van der Waals surface area contributed by atoms with Crippen molar-refractivity contribution in [2.45, 2.75) is 39.2 Å². The number of carbonyl (C=O) groups is 2. The molecule has 0 aromatic rings. The summed E-state index contributed by atoms with van der Waals surface area (Å²) in [5.41, 5.74) is -0.522. The summed E-state index contributed by atoms with van der Waals surface area (Å²) in [7, 11) is 0. The highest BCUT2D eigenvalue weighted by Crippen LogP contribution is 2.20. The lowest BCUT2D eigenvalue weighted by atomic mass is 10.0. The van der Waals surface area contributed by atoms with Crippen LogP contribution >= 0.6 is 0 Å². The summed E-state index contributed by atoms with van der Waals surface area (Å²) >= 11 is 0. The van der Waals surface area contributed by atoms with Crippen LogP contribution in [0.15, 0.2) is 0 Å². The zero-order valence-corrected chi connectivity index (χ0v) is 10.5. The molecule has 0 bridgehead atoms. The molecular formula is C12H18N2O3. The van der Waals surface area contributed by atoms with Crippen LogP contribution in [0.2, 0.25) is 0 Å². The van der Waals surface area contributed by atoms with Crippen LogP contribution in [0.1, 0.15) is 33.6 Å². The van der Waals surface area contributed by atoms with Crippen LogP contribution in [0, 0.1) is 17.2 Å². The maximum atomic E-state index is 11.7. The molecule has 5 heteroatoms. The summed E-state index contributed by atoms with van der Waals surface area (Å²) in [6.07, 6.45) is 0.164. The van der Waals surface area contributed by atoms with Gasteiger partial charge in [-0.25, -0.2) is 4.79 Å². The number of ether oxygens (including phenoxy) is 1. The van der Waals surface area contributed by atoms with Crippen molar-refractivity contribution in [2.75, 3.05) is 13.1 Å². The monoisotopic (exact) mass is 238 g/mol. The van der Waals surface area contributed by atoms with Crippen molar-refractivity contribution in [3.8, 4) is 6.07 Å². The second-order valence-corrected chi connectivity index (χ2v) is 5.21. The van der Waals surface area contributed by atoms with Crippen LogP contribution in [0.3, 0.4) is 0 Å². The minimum absolute atomic E-state index is 0.0766. The van der Waals surface area contributed by atoms with Gasteiger partial charge >= 0.3 is 6.09 Å². The molecule has 0 aliphatic carbocycles. The lowest BCUT2D eigenvalue weighted by Crippen LogP contribution is -2.35. The van der Waals surface area contributed by atoms with Crippen LogP contribution < -0.4 is 0 Å². The minimum atomic E-state index is -0.522. The highest BCUT2D eigenvalue weighted by Gasteiger charge is 2.32. The van der Waals surface area contributed by atoms with Gasteiger partial charge in [0.1, 0.15) is 5.60 Å². The fourth-order valence-electron chi connectivity index (χ4n) is 1.74. The van der Waals surface area contributed by atoms with Crippen molar-refractivity contribution in [3.63, 3.8) is 0 Å². The topological polar surface area (TPSA) is 70.4 Å². The molecule has 17 heavy (non-hydrogen) atoms. The first-order valence-corrected chi connectivity index (χ1v) is 5.71. The number of hydrogen-bond acceptors (Lipinski definition) is 4. The van der Waals surface area contributed by atoms with Gasteiger partial charge in [0.15, 0.2) is 5.78 Å². The number of likely N-dealkylation sites (tertiary alicyclic amines) is 1. The van der Waals surface area contributed by atoms with Crippen molar-refractivity contribution >= 4 is 11.9 Å². The molecule has 1 atom stereocenters. The number of nitriles is 1. The van der Waals surface area contributed by atoms with Gasteiger partial charge < -0.3 is 9.64 Å². The van der Waals surface area contributed by atoms with Crippen LogP contribution in [-0.4, -0.2) is 35.5 Å². The van der Waals surface area contributed by atoms with Gasteiger partial charge in [-0.2, -0.15) is 5.26 Å². The molecule has 1 rings (SSSR count). The number of amides is 1. The Hall–Kier alpha value is -1.57. The predicted octanol–water partition coefficient (Wildman–Crippen LogP) is 1.73. The van der Waals surface area contributed by atoms with Gasteiger partial charge in [0, 0.05) is 19.0 Å². The van der Waals surface area contributed by atoms with Gasteiger partial charge in [0.25, 0.3) is 0 Å². The van der Waals surface area contributed by atoms with E-state index in [4.69, 9.17) is 10.00 Å². The Kier molecular flexibility index (Phi) is 4.11. The Balaban J connectivity index is 2.48. The van der Waals surface area contributed by atoms with E-state index in [1.165, 1.54) is 4.90 Å². The lowest BCUT2D eigenvalue weighted by Gasteiger charge is -2.24. The van der Waals surface area contributed by atoms with E-state index in [9.17, 15) is 9.59 Å². The highest BCUT2D eigenvalue weighted by atomic mass is 16.6. The van der Waals surface area contributed by atoms with Crippen LogP contribution in [-0.2, 0) is 9.53 Å². The molecule has 1 fully saturated rings. The van der Waals surface area contributed by atoms with Crippen molar-refractivity contribution in [1.29, 1.82) is 5.26 Å². The summed E-state index contributed by atoms with van der Waals surface area (Å²) in [5.74, 6) is -0.291. The average Bonchev–Trinajstić information content (AvgIpc) is 2.63. The van der Waals surface area contributed by atoms with E-state index in [1.807, 2.05) is 6.07 Å². The lowest BCUT2D eigenvalue weighted by molar-refractivity contribution is -0.121. The molecule has 1 heterocycles. The third kappa shape index (κ3) is 4.06. The molecule has 5 nitrogen and oxygen atoms in total. The molecular weight excluding hydrogens is 220 g/mol. The van der Waals surface area contributed by atoms with E-state index >= 15 is 0 Å². The molecule has 1 amide bonds. The van der Waals surface area contributed by atoms with E-state index in [0.717, 1.165) is 0 Å². The fourth-order valence-corrected chi connectivity index (χ4v) is 1.74. The SMILES string of the molecule is CC(C)(C)OC(=O)N1CC[C@H](C(=O)CC#N)C1. The van der Waals surface area contributed by atoms with Crippen molar-refractivity contribution in [2.24, 2.45) is 5.92 Å². The number of nitrogens with zero attached hydrogens (tertiary/aromatic N) is 2. The quantitative estimate of drug-likeness (QED) is 0.734. The molecule has 94 valence electrons. The third-order valence-corrected chi connectivity index (χ3v) is 2.55. The van der Waals surface area contributed by atoms with Gasteiger partial charge in [-0.1, -0.05) is 0 Å². The Morgan fingerprint density at radius 3 is 2.65 bits per heavy atom. The molecule has 0 radical (unpaired) electrons. The van der Waals surface area contributed by atoms with Crippen LogP contribution in [0.25, 0.3) is 0 Å². The molecule has 1 aliphatic heterocycles. The van der Waals surface area contributed by atoms with E-state index in [0.29, 0.717) is 19.5 Å². The molecule has 1 aliphatic rings. The first kappa shape index (κ1) is 13.5. The van der Waals surface area contributed by atoms with E-state index < -0.39 is 5.60 Å². The molecule has 0 saturated carbocycles. The number of hydrogen-bond donors (Lipinski definition) is 0. The predicted molar refractivity (Wildman–Crippen MR) is 61.2 cm³/mol. The smallest absolute Gasteiger partial charge is 0.410 e. The zero-order valence-electron chi connectivity index (χ0n) is 10.5. The summed E-state index contributed by atoms with van der Waals surface area (Å²) < 4.78 is 5.22. The highest BCUT2D eigenvalue weighted by molar-refractivity contribution is 5.84. The molecule has 0 spiro atoms. The largest absolute Gasteiger partial charge is 0.444 e. The van der Waals surface area contributed by atoms with E-state index in [-0.39, 0.29) is 24.2 Å². The standard InChI is InChI=1S/C12H18N2O3/c1-12(2,3)17-11(16)14-7-5-9(8-14)10(15)4-6-13/h9H,4-5,7-8H2,1-3H3/t9-/m0/s1. The van der Waals surface area contributed by atoms with Crippen molar-refractivity contribution in [1.82, 2.24) is 4.90 Å². The summed E-state index contributed by atoms with van der Waals surface area (Å²) in [5, 5.41) is 8.45. The second-order valence-electron chi connectivity index (χ2n) is 5.21. The van der Waals surface area contributed by atoms with Gasteiger partial charge in [-0.15, -0.1) is 0 Å². The first-order chi connectivity index (χ1) is 7.83. The summed E-state index contributed by atoms with van der Waals surface area (Å²) in [4.78, 5) is 24.7. The zero-order chi connectivity index (χ0) is 13.1.